The molecule has 0 aliphatic carbocycles. The highest BCUT2D eigenvalue weighted by molar-refractivity contribution is 5.87. The minimum absolute atomic E-state index is 0.00864. The summed E-state index contributed by atoms with van der Waals surface area (Å²) >= 11 is 0. The van der Waals surface area contributed by atoms with E-state index in [0.29, 0.717) is 0 Å². The molecule has 0 spiro atoms. The molecule has 7 nitrogen and oxygen atoms in total. The van der Waals surface area contributed by atoms with E-state index in [1.165, 1.54) is 7.11 Å². The van der Waals surface area contributed by atoms with Gasteiger partial charge in [0.15, 0.2) is 0 Å². The Morgan fingerprint density at radius 2 is 1.94 bits per heavy atom. The predicted octanol–water partition coefficient (Wildman–Crippen LogP) is -0.808. The van der Waals surface area contributed by atoms with Gasteiger partial charge in [-0.2, -0.15) is 0 Å². The normalized spacial score (nSPS) is 13.5. The van der Waals surface area contributed by atoms with Crippen molar-refractivity contribution in [2.75, 3.05) is 20.3 Å². The molecule has 0 aliphatic heterocycles. The van der Waals surface area contributed by atoms with Crippen molar-refractivity contribution in [3.63, 3.8) is 0 Å². The third-order valence-corrected chi connectivity index (χ3v) is 2.26. The maximum absolute atomic E-state index is 11.3. The van der Waals surface area contributed by atoms with Gasteiger partial charge in [-0.15, -0.1) is 0 Å². The summed E-state index contributed by atoms with van der Waals surface area (Å²) in [6, 6.07) is -0.919. The van der Waals surface area contributed by atoms with Crippen LogP contribution in [0.25, 0.3) is 0 Å². The average Bonchev–Trinajstić information content (AvgIpc) is 2.25. The van der Waals surface area contributed by atoms with Crippen LogP contribution >= 0.6 is 0 Å². The smallest absolute Gasteiger partial charge is 0.306 e. The Balaban J connectivity index is 4.45. The van der Waals surface area contributed by atoms with Crippen molar-refractivity contribution in [1.29, 1.82) is 0 Å². The summed E-state index contributed by atoms with van der Waals surface area (Å²) in [5.41, 5.74) is 5.19. The molecule has 0 aliphatic rings. The van der Waals surface area contributed by atoms with Gasteiger partial charge >= 0.3 is 5.97 Å². The van der Waals surface area contributed by atoms with Gasteiger partial charge in [0.25, 0.3) is 0 Å². The Kier molecular flexibility index (Phi) is 7.69. The first-order valence-corrected chi connectivity index (χ1v) is 5.65. The number of carbonyl (C=O) groups excluding carboxylic acids is 3. The molecule has 0 aromatic carbocycles. The van der Waals surface area contributed by atoms with Crippen LogP contribution in [0.1, 0.15) is 20.3 Å². The van der Waals surface area contributed by atoms with E-state index < -0.39 is 29.7 Å². The second-order valence-corrected chi connectivity index (χ2v) is 3.87. The first-order chi connectivity index (χ1) is 8.42. The van der Waals surface area contributed by atoms with Crippen LogP contribution in [0.3, 0.4) is 0 Å². The summed E-state index contributed by atoms with van der Waals surface area (Å²) in [5.74, 6) is -2.03. The molecule has 0 heterocycles. The van der Waals surface area contributed by atoms with Crippen molar-refractivity contribution >= 4 is 17.8 Å². The molecule has 2 atom stereocenters. The number of hydrogen-bond donors (Lipinski definition) is 2. The number of methoxy groups -OCH3 is 1. The summed E-state index contributed by atoms with van der Waals surface area (Å²) in [4.78, 5) is 33.8. The number of nitrogens with one attached hydrogen (secondary N) is 1. The molecule has 0 fully saturated rings. The largest absolute Gasteiger partial charge is 0.466 e. The van der Waals surface area contributed by atoms with Gasteiger partial charge in [0.05, 0.1) is 13.0 Å². The van der Waals surface area contributed by atoms with E-state index in [1.54, 1.807) is 13.8 Å². The third-order valence-electron chi connectivity index (χ3n) is 2.26. The molecule has 18 heavy (non-hydrogen) atoms. The van der Waals surface area contributed by atoms with Crippen molar-refractivity contribution in [1.82, 2.24) is 5.32 Å². The van der Waals surface area contributed by atoms with Crippen LogP contribution < -0.4 is 11.1 Å². The van der Waals surface area contributed by atoms with Crippen molar-refractivity contribution in [2.24, 2.45) is 11.7 Å². The lowest BCUT2D eigenvalue weighted by molar-refractivity contribution is -0.145. The summed E-state index contributed by atoms with van der Waals surface area (Å²) in [7, 11) is 1.36. The van der Waals surface area contributed by atoms with E-state index in [-0.39, 0.29) is 19.6 Å². The van der Waals surface area contributed by atoms with E-state index in [4.69, 9.17) is 10.5 Å². The molecule has 0 bridgehead atoms. The fraction of sp³-hybridized carbons (Fsp3) is 0.727. The molecular formula is C11H20N2O5. The minimum atomic E-state index is -0.919. The molecule has 0 aromatic rings. The molecule has 0 radical (unpaired) electrons. The number of amides is 2. The molecule has 104 valence electrons. The number of rotatable bonds is 8. The Labute approximate surface area is 106 Å². The van der Waals surface area contributed by atoms with Crippen molar-refractivity contribution in [2.45, 2.75) is 26.3 Å². The van der Waals surface area contributed by atoms with E-state index in [0.717, 1.165) is 0 Å². The van der Waals surface area contributed by atoms with Crippen LogP contribution in [0.2, 0.25) is 0 Å². The summed E-state index contributed by atoms with van der Waals surface area (Å²) in [6.45, 7) is 3.42. The number of primary amides is 1. The van der Waals surface area contributed by atoms with Gasteiger partial charge in [-0.25, -0.2) is 0 Å². The van der Waals surface area contributed by atoms with Gasteiger partial charge in [0, 0.05) is 7.11 Å². The van der Waals surface area contributed by atoms with Gasteiger partial charge in [-0.3, -0.25) is 14.4 Å². The summed E-state index contributed by atoms with van der Waals surface area (Å²) in [6.07, 6.45) is 0.00864. The van der Waals surface area contributed by atoms with Crippen LogP contribution in [0.4, 0.5) is 0 Å². The standard InChI is InChI=1S/C11H20N2O5/c1-4-18-9(15)5-7(2)10(11(12)16)13-8(14)6-17-3/h7,10H,4-6H2,1-3H3,(H2,12,16)(H,13,14)/t7-,10+/m1/s1. The predicted molar refractivity (Wildman–Crippen MR) is 63.4 cm³/mol. The zero-order valence-electron chi connectivity index (χ0n) is 10.9. The topological polar surface area (TPSA) is 108 Å². The average molecular weight is 260 g/mol. The molecule has 2 amide bonds. The van der Waals surface area contributed by atoms with Crippen LogP contribution in [0, 0.1) is 5.92 Å². The van der Waals surface area contributed by atoms with Crippen LogP contribution in [0.5, 0.6) is 0 Å². The molecule has 0 aromatic heterocycles. The van der Waals surface area contributed by atoms with Crippen LogP contribution in [-0.2, 0) is 23.9 Å². The Bertz CT molecular complexity index is 306. The first kappa shape index (κ1) is 16.4. The highest BCUT2D eigenvalue weighted by Gasteiger charge is 2.26. The summed E-state index contributed by atoms with van der Waals surface area (Å²) in [5, 5.41) is 2.42. The number of ether oxygens (including phenoxy) is 2. The molecular weight excluding hydrogens is 240 g/mol. The van der Waals surface area contributed by atoms with Gasteiger partial charge in [0.1, 0.15) is 12.6 Å². The number of carbonyl (C=O) groups is 3. The number of hydrogen-bond acceptors (Lipinski definition) is 5. The monoisotopic (exact) mass is 260 g/mol. The van der Waals surface area contributed by atoms with Gasteiger partial charge < -0.3 is 20.5 Å². The zero-order chi connectivity index (χ0) is 14.1. The fourth-order valence-corrected chi connectivity index (χ4v) is 1.44. The third kappa shape index (κ3) is 6.19. The molecule has 7 heteroatoms. The van der Waals surface area contributed by atoms with E-state index in [2.05, 4.69) is 10.1 Å². The SMILES string of the molecule is CCOC(=O)C[C@@H](C)[C@H](NC(=O)COC)C(N)=O. The second kappa shape index (κ2) is 8.46. The molecule has 3 N–H and O–H groups in total. The lowest BCUT2D eigenvalue weighted by atomic mass is 9.97. The van der Waals surface area contributed by atoms with E-state index in [1.807, 2.05) is 0 Å². The lowest BCUT2D eigenvalue weighted by Crippen LogP contribution is -2.49. The van der Waals surface area contributed by atoms with Crippen LogP contribution in [0.15, 0.2) is 0 Å². The highest BCUT2D eigenvalue weighted by Crippen LogP contribution is 2.09. The maximum atomic E-state index is 11.3. The fourth-order valence-electron chi connectivity index (χ4n) is 1.44. The van der Waals surface area contributed by atoms with Crippen molar-refractivity contribution in [3.05, 3.63) is 0 Å². The van der Waals surface area contributed by atoms with Crippen molar-refractivity contribution in [3.8, 4) is 0 Å². The Hall–Kier alpha value is -1.63. The quantitative estimate of drug-likeness (QED) is 0.555. The molecule has 0 saturated heterocycles. The lowest BCUT2D eigenvalue weighted by Gasteiger charge is -2.21. The molecule has 0 rings (SSSR count). The van der Waals surface area contributed by atoms with E-state index >= 15 is 0 Å². The second-order valence-electron chi connectivity index (χ2n) is 3.87. The molecule has 0 saturated carbocycles. The van der Waals surface area contributed by atoms with Gasteiger partial charge in [0.2, 0.25) is 11.8 Å². The maximum Gasteiger partial charge on any atom is 0.306 e. The number of esters is 1. The van der Waals surface area contributed by atoms with Crippen LogP contribution in [-0.4, -0.2) is 44.1 Å². The van der Waals surface area contributed by atoms with Crippen molar-refractivity contribution < 1.29 is 23.9 Å². The first-order valence-electron chi connectivity index (χ1n) is 5.65. The zero-order valence-corrected chi connectivity index (χ0v) is 10.9. The number of nitrogens with two attached hydrogens (primary N) is 1. The van der Waals surface area contributed by atoms with E-state index in [9.17, 15) is 14.4 Å². The van der Waals surface area contributed by atoms with Gasteiger partial charge in [-0.05, 0) is 12.8 Å². The highest BCUT2D eigenvalue weighted by atomic mass is 16.5. The molecule has 0 unspecified atom stereocenters. The Morgan fingerprint density at radius 1 is 1.33 bits per heavy atom. The summed E-state index contributed by atoms with van der Waals surface area (Å²) < 4.78 is 9.39. The minimum Gasteiger partial charge on any atom is -0.466 e. The Morgan fingerprint density at radius 3 is 2.39 bits per heavy atom. The van der Waals surface area contributed by atoms with Gasteiger partial charge in [-0.1, -0.05) is 6.92 Å².